The third-order valence-corrected chi connectivity index (χ3v) is 2.70. The summed E-state index contributed by atoms with van der Waals surface area (Å²) < 4.78 is 12.9. The summed E-state index contributed by atoms with van der Waals surface area (Å²) in [5, 5.41) is 11.6. The van der Waals surface area contributed by atoms with Gasteiger partial charge in [-0.05, 0) is 36.2 Å². The Morgan fingerprint density at radius 2 is 2.00 bits per heavy atom. The van der Waals surface area contributed by atoms with Crippen molar-refractivity contribution in [2.24, 2.45) is 5.73 Å². The molecule has 0 fully saturated rings. The van der Waals surface area contributed by atoms with Crippen molar-refractivity contribution in [3.05, 3.63) is 54.0 Å². The summed E-state index contributed by atoms with van der Waals surface area (Å²) in [6.07, 6.45) is 0.307. The summed E-state index contributed by atoms with van der Waals surface area (Å²) >= 11 is 0. The number of phenols is 1. The third-order valence-electron chi connectivity index (χ3n) is 2.70. The van der Waals surface area contributed by atoms with E-state index in [0.29, 0.717) is 6.42 Å². The lowest BCUT2D eigenvalue weighted by atomic mass is 10.1. The van der Waals surface area contributed by atoms with Crippen molar-refractivity contribution in [1.82, 2.24) is 4.98 Å². The number of phenolic OH excluding ortho intramolecular Hbond substituents is 1. The van der Waals surface area contributed by atoms with E-state index in [0.717, 1.165) is 5.56 Å². The first-order valence-electron chi connectivity index (χ1n) is 6.01. The Bertz CT molecular complexity index is 602. The molecule has 0 aliphatic rings. The predicted molar refractivity (Wildman–Crippen MR) is 72.6 cm³/mol. The first-order chi connectivity index (χ1) is 9.54. The number of anilines is 1. The molecule has 1 unspecified atom stereocenters. The standard InChI is InChI=1S/C14H14FN3O2/c15-12-2-1-3-13(17-12)18-14(20)11(16)8-9-4-6-10(19)7-5-9/h1-7,11,19H,8,16H2,(H,17,18,20). The smallest absolute Gasteiger partial charge is 0.242 e. The van der Waals surface area contributed by atoms with E-state index in [2.05, 4.69) is 10.3 Å². The van der Waals surface area contributed by atoms with E-state index in [9.17, 15) is 9.18 Å². The van der Waals surface area contributed by atoms with Gasteiger partial charge in [-0.25, -0.2) is 4.98 Å². The summed E-state index contributed by atoms with van der Waals surface area (Å²) in [6.45, 7) is 0. The second kappa shape index (κ2) is 6.12. The van der Waals surface area contributed by atoms with Gasteiger partial charge in [0, 0.05) is 0 Å². The second-order valence-corrected chi connectivity index (χ2v) is 4.31. The number of carbonyl (C=O) groups excluding carboxylic acids is 1. The summed E-state index contributed by atoms with van der Waals surface area (Å²) in [7, 11) is 0. The van der Waals surface area contributed by atoms with E-state index in [1.54, 1.807) is 12.1 Å². The molecule has 0 aliphatic carbocycles. The Balaban J connectivity index is 1.96. The number of benzene rings is 1. The van der Waals surface area contributed by atoms with Gasteiger partial charge in [0.15, 0.2) is 0 Å². The Morgan fingerprint density at radius 3 is 2.65 bits per heavy atom. The van der Waals surface area contributed by atoms with Gasteiger partial charge in [0.05, 0.1) is 6.04 Å². The number of hydrogen-bond acceptors (Lipinski definition) is 4. The van der Waals surface area contributed by atoms with Gasteiger partial charge in [0.1, 0.15) is 11.6 Å². The molecule has 0 saturated heterocycles. The maximum atomic E-state index is 12.9. The second-order valence-electron chi connectivity index (χ2n) is 4.31. The zero-order valence-electron chi connectivity index (χ0n) is 10.6. The Hall–Kier alpha value is -2.47. The van der Waals surface area contributed by atoms with Crippen LogP contribution in [0.4, 0.5) is 10.2 Å². The van der Waals surface area contributed by atoms with Gasteiger partial charge in [-0.3, -0.25) is 4.79 Å². The summed E-state index contributed by atoms with van der Waals surface area (Å²) in [4.78, 5) is 15.4. The molecule has 5 nitrogen and oxygen atoms in total. The van der Waals surface area contributed by atoms with E-state index in [1.165, 1.54) is 30.3 Å². The highest BCUT2D eigenvalue weighted by molar-refractivity contribution is 5.94. The molecule has 0 saturated carbocycles. The predicted octanol–water partition coefficient (Wildman–Crippen LogP) is 1.43. The first-order valence-corrected chi connectivity index (χ1v) is 6.01. The van der Waals surface area contributed by atoms with Crippen molar-refractivity contribution in [1.29, 1.82) is 0 Å². The van der Waals surface area contributed by atoms with Crippen LogP contribution in [0.25, 0.3) is 0 Å². The number of rotatable bonds is 4. The zero-order chi connectivity index (χ0) is 14.5. The first kappa shape index (κ1) is 14.0. The molecule has 2 rings (SSSR count). The topological polar surface area (TPSA) is 88.2 Å². The molecule has 1 aromatic heterocycles. The molecule has 1 amide bonds. The Kier molecular flexibility index (Phi) is 4.27. The molecule has 0 spiro atoms. The lowest BCUT2D eigenvalue weighted by Gasteiger charge is -2.12. The lowest BCUT2D eigenvalue weighted by Crippen LogP contribution is -2.37. The number of halogens is 1. The van der Waals surface area contributed by atoms with Gasteiger partial charge in [-0.2, -0.15) is 4.39 Å². The fourth-order valence-corrected chi connectivity index (χ4v) is 1.68. The quantitative estimate of drug-likeness (QED) is 0.737. The minimum atomic E-state index is -0.787. The fraction of sp³-hybridized carbons (Fsp3) is 0.143. The van der Waals surface area contributed by atoms with Crippen LogP contribution >= 0.6 is 0 Å². The highest BCUT2D eigenvalue weighted by atomic mass is 19.1. The summed E-state index contributed by atoms with van der Waals surface area (Å²) in [5.41, 5.74) is 6.59. The number of nitrogens with one attached hydrogen (secondary N) is 1. The van der Waals surface area contributed by atoms with Crippen LogP contribution in [0.2, 0.25) is 0 Å². The molecule has 0 radical (unpaired) electrons. The zero-order valence-corrected chi connectivity index (χ0v) is 10.6. The molecule has 1 aromatic carbocycles. The molecule has 1 atom stereocenters. The van der Waals surface area contributed by atoms with Crippen LogP contribution in [-0.2, 0) is 11.2 Å². The molecule has 104 valence electrons. The van der Waals surface area contributed by atoms with Crippen LogP contribution in [0.1, 0.15) is 5.56 Å². The van der Waals surface area contributed by atoms with Gasteiger partial charge < -0.3 is 16.2 Å². The number of hydrogen-bond donors (Lipinski definition) is 3. The number of aromatic hydroxyl groups is 1. The molecule has 6 heteroatoms. The van der Waals surface area contributed by atoms with Crippen molar-refractivity contribution < 1.29 is 14.3 Å². The average Bonchev–Trinajstić information content (AvgIpc) is 2.41. The third kappa shape index (κ3) is 3.76. The molecule has 2 aromatic rings. The van der Waals surface area contributed by atoms with E-state index in [-0.39, 0.29) is 11.6 Å². The van der Waals surface area contributed by atoms with Crippen LogP contribution in [0, 0.1) is 5.95 Å². The van der Waals surface area contributed by atoms with Crippen LogP contribution in [0.5, 0.6) is 5.75 Å². The van der Waals surface area contributed by atoms with Gasteiger partial charge in [0.2, 0.25) is 11.9 Å². The van der Waals surface area contributed by atoms with Crippen LogP contribution in [0.15, 0.2) is 42.5 Å². The van der Waals surface area contributed by atoms with Crippen molar-refractivity contribution in [3.8, 4) is 5.75 Å². The van der Waals surface area contributed by atoms with Crippen molar-refractivity contribution in [2.75, 3.05) is 5.32 Å². The maximum Gasteiger partial charge on any atom is 0.242 e. The van der Waals surface area contributed by atoms with Crippen LogP contribution in [0.3, 0.4) is 0 Å². The molecular formula is C14H14FN3O2. The number of nitrogens with zero attached hydrogens (tertiary/aromatic N) is 1. The summed E-state index contributed by atoms with van der Waals surface area (Å²) in [5.74, 6) is -0.849. The van der Waals surface area contributed by atoms with Crippen LogP contribution in [-0.4, -0.2) is 22.0 Å². The Morgan fingerprint density at radius 1 is 1.30 bits per heavy atom. The minimum Gasteiger partial charge on any atom is -0.508 e. The van der Waals surface area contributed by atoms with Gasteiger partial charge >= 0.3 is 0 Å². The summed E-state index contributed by atoms with van der Waals surface area (Å²) in [6, 6.07) is 9.74. The van der Waals surface area contributed by atoms with E-state index in [1.807, 2.05) is 0 Å². The molecule has 4 N–H and O–H groups in total. The normalized spacial score (nSPS) is 11.9. The number of pyridine rings is 1. The molecule has 1 heterocycles. The monoisotopic (exact) mass is 275 g/mol. The van der Waals surface area contributed by atoms with Gasteiger partial charge in [0.25, 0.3) is 0 Å². The SMILES string of the molecule is NC(Cc1ccc(O)cc1)C(=O)Nc1cccc(F)n1. The fourth-order valence-electron chi connectivity index (χ4n) is 1.68. The largest absolute Gasteiger partial charge is 0.508 e. The van der Waals surface area contributed by atoms with Gasteiger partial charge in [-0.1, -0.05) is 18.2 Å². The van der Waals surface area contributed by atoms with Crippen LogP contribution < -0.4 is 11.1 Å². The number of nitrogens with two attached hydrogens (primary N) is 1. The average molecular weight is 275 g/mol. The van der Waals surface area contributed by atoms with Crippen molar-refractivity contribution in [2.45, 2.75) is 12.5 Å². The molecule has 20 heavy (non-hydrogen) atoms. The van der Waals surface area contributed by atoms with Gasteiger partial charge in [-0.15, -0.1) is 0 Å². The minimum absolute atomic E-state index is 0.121. The molecule has 0 bridgehead atoms. The highest BCUT2D eigenvalue weighted by Crippen LogP contribution is 2.11. The van der Waals surface area contributed by atoms with E-state index >= 15 is 0 Å². The molecule has 0 aliphatic heterocycles. The number of aromatic nitrogens is 1. The number of carbonyl (C=O) groups is 1. The van der Waals surface area contributed by atoms with Crippen molar-refractivity contribution in [3.63, 3.8) is 0 Å². The maximum absolute atomic E-state index is 12.9. The van der Waals surface area contributed by atoms with Crippen molar-refractivity contribution >= 4 is 11.7 Å². The van der Waals surface area contributed by atoms with E-state index in [4.69, 9.17) is 10.8 Å². The lowest BCUT2D eigenvalue weighted by molar-refractivity contribution is -0.117. The Labute approximate surface area is 115 Å². The van der Waals surface area contributed by atoms with E-state index < -0.39 is 17.9 Å². The number of amides is 1. The molecular weight excluding hydrogens is 261 g/mol. The highest BCUT2D eigenvalue weighted by Gasteiger charge is 2.15.